The number of nitrogens with one attached hydrogen (secondary N) is 2. The molecule has 0 spiro atoms. The topological polar surface area (TPSA) is 41.1 Å². The minimum Gasteiger partial charge on any atom is -0.348 e. The van der Waals surface area contributed by atoms with Crippen LogP contribution in [0.4, 0.5) is 4.39 Å². The molecular weight excluding hydrogens is 207 g/mol. The van der Waals surface area contributed by atoms with E-state index in [1.54, 1.807) is 12.1 Å². The Morgan fingerprint density at radius 1 is 1.38 bits per heavy atom. The molecule has 88 valence electrons. The fraction of sp³-hybridized carbons (Fsp3) is 0.417. The molecule has 0 saturated heterocycles. The molecule has 1 amide bonds. The highest BCUT2D eigenvalue weighted by atomic mass is 19.1. The second-order valence-electron chi connectivity index (χ2n) is 3.62. The van der Waals surface area contributed by atoms with Crippen molar-refractivity contribution in [2.24, 2.45) is 0 Å². The van der Waals surface area contributed by atoms with Crippen molar-refractivity contribution in [3.05, 3.63) is 35.6 Å². The third-order valence-electron chi connectivity index (χ3n) is 2.28. The number of halogens is 1. The van der Waals surface area contributed by atoms with E-state index >= 15 is 0 Å². The first-order chi connectivity index (χ1) is 7.63. The van der Waals surface area contributed by atoms with Crippen LogP contribution in [0.1, 0.15) is 25.5 Å². The van der Waals surface area contributed by atoms with Crippen LogP contribution in [0.5, 0.6) is 0 Å². The zero-order valence-electron chi connectivity index (χ0n) is 9.59. The lowest BCUT2D eigenvalue weighted by molar-refractivity contribution is -0.120. The van der Waals surface area contributed by atoms with E-state index in [-0.39, 0.29) is 17.8 Å². The lowest BCUT2D eigenvalue weighted by Crippen LogP contribution is -2.35. The molecule has 4 heteroatoms. The van der Waals surface area contributed by atoms with E-state index in [9.17, 15) is 9.18 Å². The first-order valence-corrected chi connectivity index (χ1v) is 5.39. The number of amides is 1. The van der Waals surface area contributed by atoms with Crippen LogP contribution in [0, 0.1) is 5.82 Å². The second kappa shape index (κ2) is 6.23. The minimum absolute atomic E-state index is 0.0568. The number of rotatable bonds is 5. The van der Waals surface area contributed by atoms with Crippen LogP contribution in [0.3, 0.4) is 0 Å². The van der Waals surface area contributed by atoms with Gasteiger partial charge in [-0.05, 0) is 31.2 Å². The van der Waals surface area contributed by atoms with E-state index in [4.69, 9.17) is 0 Å². The van der Waals surface area contributed by atoms with Crippen LogP contribution in [0.2, 0.25) is 0 Å². The summed E-state index contributed by atoms with van der Waals surface area (Å²) in [4.78, 5) is 11.4. The van der Waals surface area contributed by atoms with Gasteiger partial charge in [0.25, 0.3) is 0 Å². The lowest BCUT2D eigenvalue weighted by Gasteiger charge is -2.14. The SMILES string of the molecule is CCNCC(=O)N[C@H](C)c1ccc(F)cc1. The van der Waals surface area contributed by atoms with Gasteiger partial charge in [-0.25, -0.2) is 4.39 Å². The van der Waals surface area contributed by atoms with Crippen LogP contribution in [0.15, 0.2) is 24.3 Å². The molecule has 1 rings (SSSR count). The summed E-state index contributed by atoms with van der Waals surface area (Å²) in [5.74, 6) is -0.325. The van der Waals surface area contributed by atoms with Crippen molar-refractivity contribution in [2.45, 2.75) is 19.9 Å². The normalized spacial score (nSPS) is 12.2. The van der Waals surface area contributed by atoms with Gasteiger partial charge >= 0.3 is 0 Å². The van der Waals surface area contributed by atoms with Crippen molar-refractivity contribution in [1.82, 2.24) is 10.6 Å². The van der Waals surface area contributed by atoms with Gasteiger partial charge in [-0.15, -0.1) is 0 Å². The molecule has 0 unspecified atom stereocenters. The molecule has 3 nitrogen and oxygen atoms in total. The molecule has 1 aromatic rings. The molecule has 2 N–H and O–H groups in total. The molecule has 0 bridgehead atoms. The van der Waals surface area contributed by atoms with Gasteiger partial charge < -0.3 is 10.6 Å². The van der Waals surface area contributed by atoms with E-state index in [0.29, 0.717) is 6.54 Å². The standard InChI is InChI=1S/C12H17FN2O/c1-3-14-8-12(16)15-9(2)10-4-6-11(13)7-5-10/h4-7,9,14H,3,8H2,1-2H3,(H,15,16)/t9-/m1/s1. The Balaban J connectivity index is 2.48. The molecule has 0 aliphatic heterocycles. The fourth-order valence-electron chi connectivity index (χ4n) is 1.37. The van der Waals surface area contributed by atoms with Crippen molar-refractivity contribution in [2.75, 3.05) is 13.1 Å². The van der Waals surface area contributed by atoms with Gasteiger partial charge in [-0.3, -0.25) is 4.79 Å². The molecule has 1 aromatic carbocycles. The monoisotopic (exact) mass is 224 g/mol. The highest BCUT2D eigenvalue weighted by Gasteiger charge is 2.08. The summed E-state index contributed by atoms with van der Waals surface area (Å²) in [6, 6.07) is 6.03. The number of hydrogen-bond donors (Lipinski definition) is 2. The fourth-order valence-corrected chi connectivity index (χ4v) is 1.37. The van der Waals surface area contributed by atoms with E-state index in [2.05, 4.69) is 10.6 Å². The third-order valence-corrected chi connectivity index (χ3v) is 2.28. The van der Waals surface area contributed by atoms with Gasteiger partial charge in [0.1, 0.15) is 5.82 Å². The van der Waals surface area contributed by atoms with Crippen molar-refractivity contribution >= 4 is 5.91 Å². The molecule has 0 fully saturated rings. The summed E-state index contributed by atoms with van der Waals surface area (Å²) in [5, 5.41) is 5.77. The van der Waals surface area contributed by atoms with Gasteiger partial charge in [0.05, 0.1) is 12.6 Å². The zero-order valence-corrected chi connectivity index (χ0v) is 9.59. The molecular formula is C12H17FN2O. The van der Waals surface area contributed by atoms with Crippen LogP contribution in [-0.2, 0) is 4.79 Å². The summed E-state index contributed by atoms with van der Waals surface area (Å²) < 4.78 is 12.7. The maximum Gasteiger partial charge on any atom is 0.234 e. The van der Waals surface area contributed by atoms with E-state index in [0.717, 1.165) is 12.1 Å². The first-order valence-electron chi connectivity index (χ1n) is 5.39. The van der Waals surface area contributed by atoms with Crippen LogP contribution < -0.4 is 10.6 Å². The Labute approximate surface area is 95.0 Å². The summed E-state index contributed by atoms with van der Waals surface area (Å²) >= 11 is 0. The van der Waals surface area contributed by atoms with Gasteiger partial charge in [-0.2, -0.15) is 0 Å². The Morgan fingerprint density at radius 2 is 2.00 bits per heavy atom. The number of carbonyl (C=O) groups excluding carboxylic acids is 1. The van der Waals surface area contributed by atoms with E-state index in [1.807, 2.05) is 13.8 Å². The molecule has 0 aliphatic carbocycles. The molecule has 0 aliphatic rings. The van der Waals surface area contributed by atoms with E-state index < -0.39 is 0 Å². The minimum atomic E-state index is -0.269. The van der Waals surface area contributed by atoms with Gasteiger partial charge in [0.15, 0.2) is 0 Å². The zero-order chi connectivity index (χ0) is 12.0. The largest absolute Gasteiger partial charge is 0.348 e. The first kappa shape index (κ1) is 12.6. The van der Waals surface area contributed by atoms with Crippen LogP contribution >= 0.6 is 0 Å². The number of hydrogen-bond acceptors (Lipinski definition) is 2. The number of carbonyl (C=O) groups is 1. The Morgan fingerprint density at radius 3 is 2.56 bits per heavy atom. The molecule has 0 heterocycles. The highest BCUT2D eigenvalue weighted by molar-refractivity contribution is 5.78. The number of benzene rings is 1. The summed E-state index contributed by atoms with van der Waals surface area (Å²) in [7, 11) is 0. The maximum atomic E-state index is 12.7. The van der Waals surface area contributed by atoms with Gasteiger partial charge in [0, 0.05) is 0 Å². The average Bonchev–Trinajstić information content (AvgIpc) is 2.27. The van der Waals surface area contributed by atoms with Gasteiger partial charge in [0.2, 0.25) is 5.91 Å². The van der Waals surface area contributed by atoms with Crippen LogP contribution in [-0.4, -0.2) is 19.0 Å². The maximum absolute atomic E-state index is 12.7. The predicted molar refractivity (Wildman–Crippen MR) is 61.5 cm³/mol. The van der Waals surface area contributed by atoms with Crippen molar-refractivity contribution in [1.29, 1.82) is 0 Å². The highest BCUT2D eigenvalue weighted by Crippen LogP contribution is 2.12. The van der Waals surface area contributed by atoms with Crippen LogP contribution in [0.25, 0.3) is 0 Å². The van der Waals surface area contributed by atoms with Crippen molar-refractivity contribution in [3.8, 4) is 0 Å². The number of likely N-dealkylation sites (N-methyl/N-ethyl adjacent to an activating group) is 1. The smallest absolute Gasteiger partial charge is 0.234 e. The van der Waals surface area contributed by atoms with E-state index in [1.165, 1.54) is 12.1 Å². The van der Waals surface area contributed by atoms with Crippen molar-refractivity contribution < 1.29 is 9.18 Å². The predicted octanol–water partition coefficient (Wildman–Crippen LogP) is 1.61. The molecule has 0 aromatic heterocycles. The third kappa shape index (κ3) is 3.98. The Bertz CT molecular complexity index is 337. The molecule has 0 radical (unpaired) electrons. The Hall–Kier alpha value is -1.42. The molecule has 16 heavy (non-hydrogen) atoms. The van der Waals surface area contributed by atoms with Gasteiger partial charge in [-0.1, -0.05) is 19.1 Å². The summed E-state index contributed by atoms with van der Waals surface area (Å²) in [6.07, 6.45) is 0. The molecule has 1 atom stereocenters. The quantitative estimate of drug-likeness (QED) is 0.798. The molecule has 0 saturated carbocycles. The second-order valence-corrected chi connectivity index (χ2v) is 3.62. The Kier molecular flexibility index (Phi) is 4.92. The average molecular weight is 224 g/mol. The van der Waals surface area contributed by atoms with Crippen molar-refractivity contribution in [3.63, 3.8) is 0 Å². The summed E-state index contributed by atoms with van der Waals surface area (Å²) in [5.41, 5.74) is 0.895. The lowest BCUT2D eigenvalue weighted by atomic mass is 10.1. The summed E-state index contributed by atoms with van der Waals surface area (Å²) in [6.45, 7) is 4.88.